The molecule has 0 bridgehead atoms. The normalized spacial score (nSPS) is 16.9. The lowest BCUT2D eigenvalue weighted by molar-refractivity contribution is 0.283. The van der Waals surface area contributed by atoms with Crippen molar-refractivity contribution < 1.29 is 0 Å². The van der Waals surface area contributed by atoms with Crippen molar-refractivity contribution in [3.8, 4) is 0 Å². The molecule has 0 saturated heterocycles. The van der Waals surface area contributed by atoms with E-state index in [2.05, 4.69) is 42.7 Å². The van der Waals surface area contributed by atoms with Gasteiger partial charge >= 0.3 is 0 Å². The zero-order valence-corrected chi connectivity index (χ0v) is 13.6. The quantitative estimate of drug-likeness (QED) is 0.666. The smallest absolute Gasteiger partial charge is 0.160 e. The van der Waals surface area contributed by atoms with Gasteiger partial charge in [0, 0.05) is 15.7 Å². The number of pyridine rings is 1. The molecule has 5 heteroatoms. The summed E-state index contributed by atoms with van der Waals surface area (Å²) in [6.07, 6.45) is 5.45. The van der Waals surface area contributed by atoms with Gasteiger partial charge in [0.15, 0.2) is 5.65 Å². The van der Waals surface area contributed by atoms with E-state index in [0.717, 1.165) is 33.8 Å². The van der Waals surface area contributed by atoms with E-state index >= 15 is 0 Å². The van der Waals surface area contributed by atoms with Crippen LogP contribution >= 0.6 is 27.5 Å². The van der Waals surface area contributed by atoms with Crippen LogP contribution in [0.25, 0.3) is 5.65 Å². The van der Waals surface area contributed by atoms with E-state index < -0.39 is 0 Å². The zero-order valence-electron chi connectivity index (χ0n) is 11.3. The Morgan fingerprint density at radius 2 is 1.81 bits per heavy atom. The molecule has 1 aliphatic carbocycles. The van der Waals surface area contributed by atoms with Gasteiger partial charge in [0.2, 0.25) is 0 Å². The standard InChI is InChI=1S/C16H13BrClN3/c17-12-4-7-14-19-20-15(21(14)10-12)16(8-1-9-16)11-2-5-13(18)6-3-11/h2-7,10H,1,8-9H2. The number of halogens is 2. The average Bonchev–Trinajstić information content (AvgIpc) is 2.83. The number of aromatic nitrogens is 3. The van der Waals surface area contributed by atoms with Gasteiger partial charge in [-0.2, -0.15) is 0 Å². The molecule has 0 amide bonds. The maximum Gasteiger partial charge on any atom is 0.160 e. The van der Waals surface area contributed by atoms with Crippen LogP contribution in [0.3, 0.4) is 0 Å². The van der Waals surface area contributed by atoms with Gasteiger partial charge in [0.1, 0.15) is 5.82 Å². The van der Waals surface area contributed by atoms with E-state index in [9.17, 15) is 0 Å². The van der Waals surface area contributed by atoms with Crippen LogP contribution in [0, 0.1) is 0 Å². The molecular weight excluding hydrogens is 350 g/mol. The summed E-state index contributed by atoms with van der Waals surface area (Å²) in [6, 6.07) is 12.1. The Balaban J connectivity index is 1.92. The van der Waals surface area contributed by atoms with Crippen molar-refractivity contribution in [2.24, 2.45) is 0 Å². The highest BCUT2D eigenvalue weighted by Gasteiger charge is 2.44. The molecule has 0 unspecified atom stereocenters. The second-order valence-corrected chi connectivity index (χ2v) is 6.89. The van der Waals surface area contributed by atoms with Crippen molar-refractivity contribution in [3.05, 3.63) is 63.5 Å². The van der Waals surface area contributed by atoms with E-state index in [1.807, 2.05) is 30.5 Å². The predicted molar refractivity (Wildman–Crippen MR) is 86.8 cm³/mol. The molecule has 1 saturated carbocycles. The molecule has 1 aromatic carbocycles. The summed E-state index contributed by atoms with van der Waals surface area (Å²) >= 11 is 9.55. The Labute approximate surface area is 136 Å². The topological polar surface area (TPSA) is 30.2 Å². The molecule has 0 N–H and O–H groups in total. The summed E-state index contributed by atoms with van der Waals surface area (Å²) in [7, 11) is 0. The molecule has 0 aliphatic heterocycles. The van der Waals surface area contributed by atoms with Gasteiger partial charge in [0.05, 0.1) is 5.41 Å². The Morgan fingerprint density at radius 3 is 2.48 bits per heavy atom. The molecule has 0 spiro atoms. The van der Waals surface area contributed by atoms with Gasteiger partial charge in [-0.25, -0.2) is 0 Å². The predicted octanol–water partition coefficient (Wildman–Crippen LogP) is 4.62. The molecule has 3 aromatic rings. The van der Waals surface area contributed by atoms with E-state index in [0.29, 0.717) is 0 Å². The van der Waals surface area contributed by atoms with Crippen LogP contribution in [0.5, 0.6) is 0 Å². The monoisotopic (exact) mass is 361 g/mol. The summed E-state index contributed by atoms with van der Waals surface area (Å²) in [4.78, 5) is 0. The molecule has 1 aliphatic rings. The maximum absolute atomic E-state index is 6.02. The fourth-order valence-corrected chi connectivity index (χ4v) is 3.59. The first-order valence-electron chi connectivity index (χ1n) is 6.96. The third-order valence-corrected chi connectivity index (χ3v) is 5.12. The van der Waals surface area contributed by atoms with Gasteiger partial charge in [-0.3, -0.25) is 4.40 Å². The second kappa shape index (κ2) is 4.82. The van der Waals surface area contributed by atoms with Gasteiger partial charge < -0.3 is 0 Å². The number of nitrogens with zero attached hydrogens (tertiary/aromatic N) is 3. The summed E-state index contributed by atoms with van der Waals surface area (Å²) in [5.74, 6) is 1.02. The van der Waals surface area contributed by atoms with Gasteiger partial charge in [-0.1, -0.05) is 30.2 Å². The molecule has 0 radical (unpaired) electrons. The molecular formula is C16H13BrClN3. The average molecular weight is 363 g/mol. The second-order valence-electron chi connectivity index (χ2n) is 5.54. The first-order chi connectivity index (χ1) is 10.2. The Kier molecular flexibility index (Phi) is 3.05. The van der Waals surface area contributed by atoms with Crippen molar-refractivity contribution in [1.29, 1.82) is 0 Å². The van der Waals surface area contributed by atoms with Gasteiger partial charge in [-0.15, -0.1) is 10.2 Å². The third kappa shape index (κ3) is 2.00. The number of benzene rings is 1. The highest BCUT2D eigenvalue weighted by molar-refractivity contribution is 9.10. The number of hydrogen-bond donors (Lipinski definition) is 0. The number of fused-ring (bicyclic) bond motifs is 1. The van der Waals surface area contributed by atoms with Gasteiger partial charge in [-0.05, 0) is 58.6 Å². The number of rotatable bonds is 2. The number of hydrogen-bond acceptors (Lipinski definition) is 2. The Morgan fingerprint density at radius 1 is 1.05 bits per heavy atom. The minimum Gasteiger partial charge on any atom is -0.285 e. The van der Waals surface area contributed by atoms with Crippen LogP contribution in [0.1, 0.15) is 30.7 Å². The SMILES string of the molecule is Clc1ccc(C2(c3nnc4ccc(Br)cn34)CCC2)cc1. The summed E-state index contributed by atoms with van der Waals surface area (Å²) in [5, 5.41) is 9.57. The van der Waals surface area contributed by atoms with Crippen LogP contribution in [-0.2, 0) is 5.41 Å². The van der Waals surface area contributed by atoms with Crippen LogP contribution < -0.4 is 0 Å². The molecule has 2 heterocycles. The molecule has 4 rings (SSSR count). The molecule has 106 valence electrons. The summed E-state index contributed by atoms with van der Waals surface area (Å²) < 4.78 is 3.12. The van der Waals surface area contributed by atoms with Crippen LogP contribution in [0.2, 0.25) is 5.02 Å². The first kappa shape index (κ1) is 13.3. The largest absolute Gasteiger partial charge is 0.285 e. The molecule has 0 atom stereocenters. The van der Waals surface area contributed by atoms with Crippen LogP contribution in [0.4, 0.5) is 0 Å². The van der Waals surface area contributed by atoms with Crippen molar-refractivity contribution >= 4 is 33.2 Å². The van der Waals surface area contributed by atoms with Crippen molar-refractivity contribution in [1.82, 2.24) is 14.6 Å². The first-order valence-corrected chi connectivity index (χ1v) is 8.13. The highest BCUT2D eigenvalue weighted by atomic mass is 79.9. The maximum atomic E-state index is 6.02. The molecule has 1 fully saturated rings. The van der Waals surface area contributed by atoms with Crippen molar-refractivity contribution in [3.63, 3.8) is 0 Å². The van der Waals surface area contributed by atoms with E-state index in [1.54, 1.807) is 0 Å². The molecule has 2 aromatic heterocycles. The lowest BCUT2D eigenvalue weighted by Gasteiger charge is -2.40. The van der Waals surface area contributed by atoms with Crippen LogP contribution in [-0.4, -0.2) is 14.6 Å². The molecule has 21 heavy (non-hydrogen) atoms. The molecule has 3 nitrogen and oxygen atoms in total. The Bertz CT molecular complexity index is 806. The van der Waals surface area contributed by atoms with E-state index in [-0.39, 0.29) is 5.41 Å². The third-order valence-electron chi connectivity index (χ3n) is 4.40. The van der Waals surface area contributed by atoms with Crippen molar-refractivity contribution in [2.75, 3.05) is 0 Å². The Hall–Kier alpha value is -1.39. The lowest BCUT2D eigenvalue weighted by atomic mass is 9.64. The fourth-order valence-electron chi connectivity index (χ4n) is 3.13. The minimum absolute atomic E-state index is 0.0369. The van der Waals surface area contributed by atoms with E-state index in [4.69, 9.17) is 11.6 Å². The summed E-state index contributed by atoms with van der Waals surface area (Å²) in [6.45, 7) is 0. The summed E-state index contributed by atoms with van der Waals surface area (Å²) in [5.41, 5.74) is 2.12. The highest BCUT2D eigenvalue weighted by Crippen LogP contribution is 2.48. The minimum atomic E-state index is -0.0369. The van der Waals surface area contributed by atoms with Gasteiger partial charge in [0.25, 0.3) is 0 Å². The lowest BCUT2D eigenvalue weighted by Crippen LogP contribution is -2.37. The van der Waals surface area contributed by atoms with E-state index in [1.165, 1.54) is 12.0 Å². The van der Waals surface area contributed by atoms with Crippen molar-refractivity contribution in [2.45, 2.75) is 24.7 Å². The van der Waals surface area contributed by atoms with Crippen LogP contribution in [0.15, 0.2) is 47.1 Å². The zero-order chi connectivity index (χ0) is 14.4. The fraction of sp³-hybridized carbons (Fsp3) is 0.250.